The summed E-state index contributed by atoms with van der Waals surface area (Å²) < 4.78 is 0. The van der Waals surface area contributed by atoms with Crippen LogP contribution in [0.3, 0.4) is 0 Å². The Kier molecular flexibility index (Phi) is 3.08. The van der Waals surface area contributed by atoms with Crippen LogP contribution in [0.4, 0.5) is 11.4 Å². The Balaban J connectivity index is 1.98. The van der Waals surface area contributed by atoms with E-state index in [1.165, 1.54) is 11.1 Å². The van der Waals surface area contributed by atoms with Crippen molar-refractivity contribution in [2.24, 2.45) is 0 Å². The zero-order valence-corrected chi connectivity index (χ0v) is 11.5. The number of anilines is 2. The molecular formula is C17H17N3. The lowest BCUT2D eigenvalue weighted by atomic mass is 10.0. The zero-order chi connectivity index (χ0) is 14.1. The van der Waals surface area contributed by atoms with Gasteiger partial charge in [-0.15, -0.1) is 0 Å². The van der Waals surface area contributed by atoms with Crippen molar-refractivity contribution in [1.29, 1.82) is 5.26 Å². The Morgan fingerprint density at radius 3 is 2.85 bits per heavy atom. The molecule has 0 saturated heterocycles. The summed E-state index contributed by atoms with van der Waals surface area (Å²) in [5, 5.41) is 9.25. The Hall–Kier alpha value is -2.47. The van der Waals surface area contributed by atoms with E-state index in [1.54, 1.807) is 0 Å². The van der Waals surface area contributed by atoms with Gasteiger partial charge in [0.15, 0.2) is 0 Å². The van der Waals surface area contributed by atoms with E-state index in [0.717, 1.165) is 29.8 Å². The Labute approximate surface area is 119 Å². The van der Waals surface area contributed by atoms with Gasteiger partial charge in [-0.2, -0.15) is 5.26 Å². The fourth-order valence-corrected chi connectivity index (χ4v) is 3.06. The van der Waals surface area contributed by atoms with Gasteiger partial charge in [-0.3, -0.25) is 0 Å². The molecule has 3 heteroatoms. The molecule has 20 heavy (non-hydrogen) atoms. The minimum absolute atomic E-state index is 0.320. The smallest absolute Gasteiger partial charge is 0.101 e. The molecule has 1 unspecified atom stereocenters. The number of para-hydroxylation sites is 1. The summed E-state index contributed by atoms with van der Waals surface area (Å²) in [7, 11) is 2.06. The first-order valence-electron chi connectivity index (χ1n) is 6.81. The molecule has 1 aliphatic rings. The fraction of sp³-hybridized carbons (Fsp3) is 0.235. The summed E-state index contributed by atoms with van der Waals surface area (Å²) in [5.41, 5.74) is 11.0. The molecule has 1 aliphatic carbocycles. The predicted molar refractivity (Wildman–Crippen MR) is 81.5 cm³/mol. The van der Waals surface area contributed by atoms with Crippen molar-refractivity contribution in [3.63, 3.8) is 0 Å². The van der Waals surface area contributed by atoms with Gasteiger partial charge in [0.1, 0.15) is 6.07 Å². The maximum absolute atomic E-state index is 9.25. The average Bonchev–Trinajstić information content (AvgIpc) is 2.89. The van der Waals surface area contributed by atoms with Crippen molar-refractivity contribution >= 4 is 11.4 Å². The Morgan fingerprint density at radius 1 is 1.25 bits per heavy atom. The number of aryl methyl sites for hydroxylation is 1. The van der Waals surface area contributed by atoms with Crippen LogP contribution in [0.1, 0.15) is 29.2 Å². The van der Waals surface area contributed by atoms with E-state index in [1.807, 2.05) is 30.3 Å². The van der Waals surface area contributed by atoms with Crippen LogP contribution in [-0.4, -0.2) is 7.05 Å². The normalized spacial score (nSPS) is 16.5. The molecule has 3 nitrogen and oxygen atoms in total. The molecule has 0 spiro atoms. The van der Waals surface area contributed by atoms with Crippen LogP contribution in [-0.2, 0) is 6.42 Å². The third-order valence-corrected chi connectivity index (χ3v) is 4.09. The first kappa shape index (κ1) is 12.6. The first-order valence-corrected chi connectivity index (χ1v) is 6.81. The zero-order valence-electron chi connectivity index (χ0n) is 11.5. The van der Waals surface area contributed by atoms with Gasteiger partial charge in [0, 0.05) is 12.7 Å². The third-order valence-electron chi connectivity index (χ3n) is 4.09. The van der Waals surface area contributed by atoms with E-state index >= 15 is 0 Å². The van der Waals surface area contributed by atoms with Crippen LogP contribution in [0.15, 0.2) is 42.5 Å². The highest BCUT2D eigenvalue weighted by molar-refractivity contribution is 5.61. The predicted octanol–water partition coefficient (Wildman–Crippen LogP) is 3.26. The van der Waals surface area contributed by atoms with Gasteiger partial charge in [-0.25, -0.2) is 0 Å². The lowest BCUT2D eigenvalue weighted by Crippen LogP contribution is -2.23. The summed E-state index contributed by atoms with van der Waals surface area (Å²) in [4.78, 5) is 2.21. The summed E-state index contributed by atoms with van der Waals surface area (Å²) in [6, 6.07) is 16.5. The molecule has 0 bridgehead atoms. The molecule has 2 aromatic rings. The van der Waals surface area contributed by atoms with E-state index in [9.17, 15) is 5.26 Å². The highest BCUT2D eigenvalue weighted by Crippen LogP contribution is 2.38. The molecule has 0 aromatic heterocycles. The molecule has 100 valence electrons. The molecule has 0 amide bonds. The lowest BCUT2D eigenvalue weighted by Gasteiger charge is -2.28. The molecule has 3 rings (SSSR count). The highest BCUT2D eigenvalue weighted by atomic mass is 15.1. The summed E-state index contributed by atoms with van der Waals surface area (Å²) in [5.74, 6) is 0. The maximum Gasteiger partial charge on any atom is 0.101 e. The number of fused-ring (bicyclic) bond motifs is 1. The standard InChI is InChI=1S/C17H17N3/c1-20(16-5-3-2-4-13(16)11-18)17-9-6-12-10-14(19)7-8-15(12)17/h2-5,7-8,10,17H,6,9,19H2,1H3. The van der Waals surface area contributed by atoms with Crippen LogP contribution in [0.25, 0.3) is 0 Å². The van der Waals surface area contributed by atoms with Crippen LogP contribution >= 0.6 is 0 Å². The number of nitrogen functional groups attached to an aromatic ring is 1. The van der Waals surface area contributed by atoms with Gasteiger partial charge >= 0.3 is 0 Å². The topological polar surface area (TPSA) is 53.0 Å². The number of nitrogens with zero attached hydrogens (tertiary/aromatic N) is 2. The SMILES string of the molecule is CN(c1ccccc1C#N)C1CCc2cc(N)ccc21. The quantitative estimate of drug-likeness (QED) is 0.846. The summed E-state index contributed by atoms with van der Waals surface area (Å²) in [6.45, 7) is 0. The first-order chi connectivity index (χ1) is 9.70. The molecule has 0 radical (unpaired) electrons. The molecule has 1 atom stereocenters. The van der Waals surface area contributed by atoms with Crippen LogP contribution in [0.2, 0.25) is 0 Å². The lowest BCUT2D eigenvalue weighted by molar-refractivity contribution is 0.662. The molecule has 2 aromatic carbocycles. The number of hydrogen-bond acceptors (Lipinski definition) is 3. The largest absolute Gasteiger partial charge is 0.399 e. The molecular weight excluding hydrogens is 246 g/mol. The molecule has 2 N–H and O–H groups in total. The van der Waals surface area contributed by atoms with E-state index in [-0.39, 0.29) is 0 Å². The van der Waals surface area contributed by atoms with Crippen molar-refractivity contribution in [3.05, 3.63) is 59.2 Å². The number of rotatable bonds is 2. The molecule has 0 heterocycles. The minimum Gasteiger partial charge on any atom is -0.399 e. The van der Waals surface area contributed by atoms with Gasteiger partial charge in [0.2, 0.25) is 0 Å². The van der Waals surface area contributed by atoms with Gasteiger partial charge in [-0.05, 0) is 48.2 Å². The summed E-state index contributed by atoms with van der Waals surface area (Å²) in [6.07, 6.45) is 2.11. The van der Waals surface area contributed by atoms with Crippen molar-refractivity contribution < 1.29 is 0 Å². The second-order valence-corrected chi connectivity index (χ2v) is 5.25. The summed E-state index contributed by atoms with van der Waals surface area (Å²) >= 11 is 0. The Morgan fingerprint density at radius 2 is 2.05 bits per heavy atom. The van der Waals surface area contributed by atoms with Gasteiger partial charge in [0.25, 0.3) is 0 Å². The van der Waals surface area contributed by atoms with Crippen molar-refractivity contribution in [1.82, 2.24) is 0 Å². The number of benzene rings is 2. The molecule has 0 saturated carbocycles. The van der Waals surface area contributed by atoms with Crippen LogP contribution in [0, 0.1) is 11.3 Å². The average molecular weight is 263 g/mol. The van der Waals surface area contributed by atoms with E-state index in [0.29, 0.717) is 6.04 Å². The minimum atomic E-state index is 0.320. The van der Waals surface area contributed by atoms with Gasteiger partial charge < -0.3 is 10.6 Å². The number of nitrogens with two attached hydrogens (primary N) is 1. The second kappa shape index (κ2) is 4.90. The number of nitriles is 1. The van der Waals surface area contributed by atoms with Gasteiger partial charge in [0.05, 0.1) is 17.3 Å². The molecule has 0 aliphatic heterocycles. The fourth-order valence-electron chi connectivity index (χ4n) is 3.06. The second-order valence-electron chi connectivity index (χ2n) is 5.25. The Bertz CT molecular complexity index is 685. The van der Waals surface area contributed by atoms with E-state index in [4.69, 9.17) is 5.73 Å². The van der Waals surface area contributed by atoms with E-state index in [2.05, 4.69) is 30.1 Å². The van der Waals surface area contributed by atoms with Crippen molar-refractivity contribution in [2.45, 2.75) is 18.9 Å². The van der Waals surface area contributed by atoms with Gasteiger partial charge in [-0.1, -0.05) is 18.2 Å². The van der Waals surface area contributed by atoms with Crippen LogP contribution < -0.4 is 10.6 Å². The van der Waals surface area contributed by atoms with E-state index < -0.39 is 0 Å². The number of hydrogen-bond donors (Lipinski definition) is 1. The van der Waals surface area contributed by atoms with Crippen molar-refractivity contribution in [3.8, 4) is 6.07 Å². The molecule has 0 fully saturated rings. The van der Waals surface area contributed by atoms with Crippen LogP contribution in [0.5, 0.6) is 0 Å². The maximum atomic E-state index is 9.25. The highest BCUT2D eigenvalue weighted by Gasteiger charge is 2.27. The monoisotopic (exact) mass is 263 g/mol. The van der Waals surface area contributed by atoms with Crippen molar-refractivity contribution in [2.75, 3.05) is 17.7 Å². The third kappa shape index (κ3) is 2.00.